The van der Waals surface area contributed by atoms with Crippen LogP contribution in [0.25, 0.3) is 0 Å². The summed E-state index contributed by atoms with van der Waals surface area (Å²) in [7, 11) is -5.10. The van der Waals surface area contributed by atoms with Crippen LogP contribution in [0.1, 0.15) is 194 Å². The lowest BCUT2D eigenvalue weighted by molar-refractivity contribution is -0.298. The lowest BCUT2D eigenvalue weighted by Crippen LogP contribution is -2.61. The molecule has 1 aliphatic heterocycles. The van der Waals surface area contributed by atoms with Crippen molar-refractivity contribution in [2.45, 2.75) is 243 Å². The van der Waals surface area contributed by atoms with Crippen molar-refractivity contribution in [1.82, 2.24) is 5.32 Å². The number of amides is 1. The highest BCUT2D eigenvalue weighted by molar-refractivity contribution is 7.80. The first kappa shape index (κ1) is 52.1. The summed E-state index contributed by atoms with van der Waals surface area (Å²) in [5, 5.41) is 55.2. The fourth-order valence-corrected chi connectivity index (χ4v) is 7.74. The largest absolute Gasteiger partial charge is 0.397 e. The highest BCUT2D eigenvalue weighted by Crippen LogP contribution is 2.26. The molecule has 0 aromatic rings. The van der Waals surface area contributed by atoms with E-state index in [1.807, 2.05) is 0 Å². The molecule has 0 aromatic heterocycles. The summed E-state index contributed by atoms with van der Waals surface area (Å²) in [4.78, 5) is 13.1. The zero-order valence-electron chi connectivity index (χ0n) is 34.4. The van der Waals surface area contributed by atoms with Gasteiger partial charge in [-0.05, 0) is 12.8 Å². The Balaban J connectivity index is 2.60. The minimum absolute atomic E-state index is 0.265. The van der Waals surface area contributed by atoms with Crippen molar-refractivity contribution in [2.24, 2.45) is 0 Å². The smallest absolute Gasteiger partial charge is 0.394 e. The Bertz CT molecular complexity index is 1020. The average molecular weight is 812 g/mol. The fraction of sp³-hybridized carbons (Fsp3) is 0.976. The number of ether oxygens (including phenoxy) is 2. The van der Waals surface area contributed by atoms with E-state index in [2.05, 4.69) is 23.3 Å². The van der Waals surface area contributed by atoms with E-state index >= 15 is 0 Å². The monoisotopic (exact) mass is 812 g/mol. The maximum atomic E-state index is 13.1. The van der Waals surface area contributed by atoms with E-state index in [4.69, 9.17) is 14.0 Å². The molecule has 328 valence electrons. The molecule has 0 saturated carbocycles. The van der Waals surface area contributed by atoms with Gasteiger partial charge in [-0.25, -0.2) is 4.18 Å². The molecular formula is C41H81NO12S. The quantitative estimate of drug-likeness (QED) is 0.0255. The van der Waals surface area contributed by atoms with Crippen molar-refractivity contribution in [3.8, 4) is 0 Å². The van der Waals surface area contributed by atoms with E-state index in [0.29, 0.717) is 19.3 Å². The molecule has 0 spiro atoms. The number of rotatable bonds is 37. The highest BCUT2D eigenvalue weighted by Gasteiger charge is 2.48. The molecule has 0 aliphatic carbocycles. The highest BCUT2D eigenvalue weighted by atomic mass is 32.3. The van der Waals surface area contributed by atoms with Crippen LogP contribution in [-0.4, -0.2) is 107 Å². The molecular weight excluding hydrogens is 731 g/mol. The summed E-state index contributed by atoms with van der Waals surface area (Å²) >= 11 is 0. The Kier molecular flexibility index (Phi) is 31.2. The molecule has 0 aromatic carbocycles. The predicted molar refractivity (Wildman–Crippen MR) is 215 cm³/mol. The van der Waals surface area contributed by atoms with Crippen molar-refractivity contribution in [3.05, 3.63) is 0 Å². The van der Waals surface area contributed by atoms with Gasteiger partial charge in [-0.15, -0.1) is 0 Å². The second kappa shape index (κ2) is 33.0. The van der Waals surface area contributed by atoms with Crippen LogP contribution in [0.4, 0.5) is 0 Å². The molecule has 55 heavy (non-hydrogen) atoms. The number of aliphatic hydroxyl groups is 5. The third-order valence-electron chi connectivity index (χ3n) is 10.8. The normalized spacial score (nSPS) is 22.1. The molecule has 7 N–H and O–H groups in total. The minimum Gasteiger partial charge on any atom is -0.394 e. The van der Waals surface area contributed by atoms with Gasteiger partial charge in [-0.3, -0.25) is 9.35 Å². The number of hydrogen-bond donors (Lipinski definition) is 7. The van der Waals surface area contributed by atoms with Crippen LogP contribution < -0.4 is 5.32 Å². The third kappa shape index (κ3) is 25.9. The summed E-state index contributed by atoms with van der Waals surface area (Å²) in [6.07, 6.45) is 20.1. The number of aliphatic hydroxyl groups excluding tert-OH is 5. The number of carbonyl (C=O) groups excluding carboxylic acids is 1. The fourth-order valence-electron chi connectivity index (χ4n) is 7.23. The van der Waals surface area contributed by atoms with Crippen molar-refractivity contribution >= 4 is 16.3 Å². The third-order valence-corrected chi connectivity index (χ3v) is 11.2. The molecule has 8 unspecified atom stereocenters. The van der Waals surface area contributed by atoms with Gasteiger partial charge in [0.15, 0.2) is 6.29 Å². The standard InChI is InChI=1S/C41H81NO12S/c1-3-5-7-9-11-13-15-17-18-20-21-23-25-27-29-34(44)33(32-52-41-38(47)39(54-55(49,50)51)37(46)36(31-43)53-41)42-40(48)35(45)30-28-26-24-22-19-16-14-12-10-8-6-4-2/h33-39,41,43-47H,3-32H2,1-2H3,(H,42,48)(H,49,50,51). The second-order valence-corrected chi connectivity index (χ2v) is 16.8. The first-order valence-corrected chi connectivity index (χ1v) is 23.4. The molecule has 8 atom stereocenters. The van der Waals surface area contributed by atoms with Crippen LogP contribution in [0.5, 0.6) is 0 Å². The maximum Gasteiger partial charge on any atom is 0.397 e. The number of carbonyl (C=O) groups is 1. The summed E-state index contributed by atoms with van der Waals surface area (Å²) in [5.41, 5.74) is 0. The molecule has 0 bridgehead atoms. The minimum atomic E-state index is -5.10. The Morgan fingerprint density at radius 3 is 1.45 bits per heavy atom. The van der Waals surface area contributed by atoms with Crippen molar-refractivity contribution < 1.29 is 57.0 Å². The summed E-state index contributed by atoms with van der Waals surface area (Å²) in [6.45, 7) is 3.26. The predicted octanol–water partition coefficient (Wildman–Crippen LogP) is 6.80. The summed E-state index contributed by atoms with van der Waals surface area (Å²) in [5.74, 6) is -0.668. The summed E-state index contributed by atoms with van der Waals surface area (Å²) in [6, 6.07) is -1.03. The molecule has 14 heteroatoms. The lowest BCUT2D eigenvalue weighted by Gasteiger charge is -2.41. The van der Waals surface area contributed by atoms with Gasteiger partial charge in [0.1, 0.15) is 30.5 Å². The van der Waals surface area contributed by atoms with E-state index in [1.165, 1.54) is 116 Å². The summed E-state index contributed by atoms with van der Waals surface area (Å²) < 4.78 is 47.5. The van der Waals surface area contributed by atoms with E-state index in [9.17, 15) is 38.7 Å². The van der Waals surface area contributed by atoms with Gasteiger partial charge in [-0.2, -0.15) is 8.42 Å². The van der Waals surface area contributed by atoms with Gasteiger partial charge in [-0.1, -0.05) is 181 Å². The van der Waals surface area contributed by atoms with Crippen LogP contribution in [0.15, 0.2) is 0 Å². The van der Waals surface area contributed by atoms with Crippen molar-refractivity contribution in [3.63, 3.8) is 0 Å². The van der Waals surface area contributed by atoms with Crippen LogP contribution >= 0.6 is 0 Å². The Hall–Kier alpha value is -0.940. The first-order chi connectivity index (χ1) is 26.4. The van der Waals surface area contributed by atoms with Crippen LogP contribution in [0.3, 0.4) is 0 Å². The van der Waals surface area contributed by atoms with Gasteiger partial charge in [0.25, 0.3) is 0 Å². The molecule has 1 amide bonds. The number of unbranched alkanes of at least 4 members (excludes halogenated alkanes) is 24. The van der Waals surface area contributed by atoms with E-state index in [-0.39, 0.29) is 6.42 Å². The van der Waals surface area contributed by atoms with Crippen LogP contribution in [0.2, 0.25) is 0 Å². The second-order valence-electron chi connectivity index (χ2n) is 15.8. The SMILES string of the molecule is CCCCCCCCCCCCCCCCC(O)C(COC1OC(CO)C(O)C(OS(=O)(=O)O)C1O)NC(=O)C(O)CCCCCCCCCCCCCC. The first-order valence-electron chi connectivity index (χ1n) is 22.0. The maximum absolute atomic E-state index is 13.1. The van der Waals surface area contributed by atoms with E-state index < -0.39 is 78.5 Å². The van der Waals surface area contributed by atoms with E-state index in [1.54, 1.807) is 0 Å². The lowest BCUT2D eigenvalue weighted by atomic mass is 9.99. The van der Waals surface area contributed by atoms with Crippen LogP contribution in [0, 0.1) is 0 Å². The molecule has 1 aliphatic rings. The van der Waals surface area contributed by atoms with E-state index in [0.717, 1.165) is 38.5 Å². The van der Waals surface area contributed by atoms with Gasteiger partial charge in [0, 0.05) is 0 Å². The average Bonchev–Trinajstić information content (AvgIpc) is 3.15. The Morgan fingerprint density at radius 2 is 1.05 bits per heavy atom. The Morgan fingerprint density at radius 1 is 0.655 bits per heavy atom. The molecule has 0 radical (unpaired) electrons. The molecule has 1 heterocycles. The molecule has 13 nitrogen and oxygen atoms in total. The van der Waals surface area contributed by atoms with Gasteiger partial charge in [0.2, 0.25) is 5.91 Å². The van der Waals surface area contributed by atoms with Gasteiger partial charge >= 0.3 is 10.4 Å². The Labute approximate surface area is 333 Å². The van der Waals surface area contributed by atoms with Gasteiger partial charge in [0.05, 0.1) is 25.4 Å². The van der Waals surface area contributed by atoms with Crippen molar-refractivity contribution in [2.75, 3.05) is 13.2 Å². The topological polar surface area (TPSA) is 212 Å². The zero-order chi connectivity index (χ0) is 40.7. The number of nitrogens with one attached hydrogen (secondary N) is 1. The van der Waals surface area contributed by atoms with Crippen molar-refractivity contribution in [1.29, 1.82) is 0 Å². The van der Waals surface area contributed by atoms with Gasteiger partial charge < -0.3 is 40.3 Å². The zero-order valence-corrected chi connectivity index (χ0v) is 35.2. The molecule has 1 rings (SSSR count). The molecule has 1 fully saturated rings. The molecule has 1 saturated heterocycles. The van der Waals surface area contributed by atoms with Crippen LogP contribution in [-0.2, 0) is 28.9 Å². The number of hydrogen-bond acceptors (Lipinski definition) is 11.